The van der Waals surface area contributed by atoms with Crippen LogP contribution in [0, 0.1) is 5.82 Å². The molecule has 0 aliphatic heterocycles. The standard InChI is InChI=1S/C15H13FN4O2/c1-9(18-15(21)22)13-14(10-3-2-6-17-7-10)20-8-11(16)4-5-12(20)19-13/h2-9,18H,1H3,(H,21,22). The summed E-state index contributed by atoms with van der Waals surface area (Å²) in [5, 5.41) is 11.3. The molecule has 6 nitrogen and oxygen atoms in total. The molecule has 112 valence electrons. The predicted molar refractivity (Wildman–Crippen MR) is 78.0 cm³/mol. The smallest absolute Gasteiger partial charge is 0.405 e. The summed E-state index contributed by atoms with van der Waals surface area (Å²) in [5.74, 6) is -0.402. The Labute approximate surface area is 125 Å². The molecule has 0 spiro atoms. The molecular weight excluding hydrogens is 287 g/mol. The molecule has 0 aliphatic rings. The monoisotopic (exact) mass is 300 g/mol. The van der Waals surface area contributed by atoms with E-state index in [2.05, 4.69) is 15.3 Å². The van der Waals surface area contributed by atoms with E-state index in [0.29, 0.717) is 17.0 Å². The highest BCUT2D eigenvalue weighted by molar-refractivity contribution is 5.69. The van der Waals surface area contributed by atoms with E-state index in [0.717, 1.165) is 5.56 Å². The number of nitrogens with zero attached hydrogens (tertiary/aromatic N) is 3. The van der Waals surface area contributed by atoms with Gasteiger partial charge in [-0.2, -0.15) is 0 Å². The van der Waals surface area contributed by atoms with Crippen LogP contribution in [0.1, 0.15) is 18.7 Å². The molecule has 1 amide bonds. The van der Waals surface area contributed by atoms with E-state index in [1.807, 2.05) is 6.07 Å². The third-order valence-electron chi connectivity index (χ3n) is 3.29. The van der Waals surface area contributed by atoms with Crippen molar-refractivity contribution in [2.75, 3.05) is 0 Å². The third-order valence-corrected chi connectivity index (χ3v) is 3.29. The molecule has 0 fully saturated rings. The van der Waals surface area contributed by atoms with Crippen LogP contribution in [0.25, 0.3) is 16.9 Å². The summed E-state index contributed by atoms with van der Waals surface area (Å²) in [7, 11) is 0. The van der Waals surface area contributed by atoms with Crippen LogP contribution in [0.4, 0.5) is 9.18 Å². The maximum Gasteiger partial charge on any atom is 0.405 e. The molecule has 3 rings (SSSR count). The molecule has 2 N–H and O–H groups in total. The Kier molecular flexibility index (Phi) is 3.46. The van der Waals surface area contributed by atoms with Gasteiger partial charge in [0, 0.05) is 24.2 Å². The minimum Gasteiger partial charge on any atom is -0.465 e. The van der Waals surface area contributed by atoms with Crippen molar-refractivity contribution in [3.05, 3.63) is 54.4 Å². The lowest BCUT2D eigenvalue weighted by atomic mass is 10.1. The maximum absolute atomic E-state index is 13.6. The summed E-state index contributed by atoms with van der Waals surface area (Å²) < 4.78 is 15.2. The Balaban J connectivity index is 2.25. The number of aromatic nitrogens is 3. The van der Waals surface area contributed by atoms with Crippen molar-refractivity contribution in [1.29, 1.82) is 0 Å². The Morgan fingerprint density at radius 1 is 1.41 bits per heavy atom. The van der Waals surface area contributed by atoms with E-state index in [-0.39, 0.29) is 0 Å². The summed E-state index contributed by atoms with van der Waals surface area (Å²) >= 11 is 0. The number of amides is 1. The number of rotatable bonds is 3. The van der Waals surface area contributed by atoms with Crippen LogP contribution in [0.5, 0.6) is 0 Å². The van der Waals surface area contributed by atoms with Gasteiger partial charge >= 0.3 is 6.09 Å². The highest BCUT2D eigenvalue weighted by atomic mass is 19.1. The first-order valence-corrected chi connectivity index (χ1v) is 6.63. The van der Waals surface area contributed by atoms with E-state index >= 15 is 0 Å². The number of halogens is 1. The summed E-state index contributed by atoms with van der Waals surface area (Å²) in [6.07, 6.45) is 3.44. The van der Waals surface area contributed by atoms with Gasteiger partial charge < -0.3 is 10.4 Å². The van der Waals surface area contributed by atoms with Crippen molar-refractivity contribution in [2.45, 2.75) is 13.0 Å². The van der Waals surface area contributed by atoms with Gasteiger partial charge in [0.1, 0.15) is 11.5 Å². The van der Waals surface area contributed by atoms with Gasteiger partial charge in [-0.25, -0.2) is 14.2 Å². The minimum atomic E-state index is -1.15. The van der Waals surface area contributed by atoms with E-state index in [4.69, 9.17) is 5.11 Å². The molecule has 0 saturated carbocycles. The SMILES string of the molecule is CC(NC(=O)O)c1nc2ccc(F)cn2c1-c1cccnc1. The van der Waals surface area contributed by atoms with Crippen molar-refractivity contribution >= 4 is 11.7 Å². The number of hydrogen-bond acceptors (Lipinski definition) is 3. The van der Waals surface area contributed by atoms with Gasteiger partial charge in [0.05, 0.1) is 17.4 Å². The second-order valence-electron chi connectivity index (χ2n) is 4.83. The lowest BCUT2D eigenvalue weighted by molar-refractivity contribution is 0.190. The minimum absolute atomic E-state index is 0.402. The van der Waals surface area contributed by atoms with Gasteiger partial charge in [-0.1, -0.05) is 0 Å². The predicted octanol–water partition coefficient (Wildman–Crippen LogP) is 2.86. The average Bonchev–Trinajstić information content (AvgIpc) is 2.86. The van der Waals surface area contributed by atoms with Crippen molar-refractivity contribution in [3.63, 3.8) is 0 Å². The van der Waals surface area contributed by atoms with Crippen molar-refractivity contribution < 1.29 is 14.3 Å². The van der Waals surface area contributed by atoms with Gasteiger partial charge in [-0.15, -0.1) is 0 Å². The number of imidazole rings is 1. The fourth-order valence-electron chi connectivity index (χ4n) is 2.38. The molecule has 3 aromatic rings. The second kappa shape index (κ2) is 5.44. The molecule has 1 unspecified atom stereocenters. The molecular formula is C15H13FN4O2. The second-order valence-corrected chi connectivity index (χ2v) is 4.83. The largest absolute Gasteiger partial charge is 0.465 e. The fourth-order valence-corrected chi connectivity index (χ4v) is 2.38. The number of pyridine rings is 2. The van der Waals surface area contributed by atoms with E-state index in [1.54, 1.807) is 35.9 Å². The lowest BCUT2D eigenvalue weighted by Gasteiger charge is -2.11. The van der Waals surface area contributed by atoms with Crippen LogP contribution in [0.2, 0.25) is 0 Å². The van der Waals surface area contributed by atoms with E-state index < -0.39 is 18.0 Å². The van der Waals surface area contributed by atoms with Gasteiger partial charge in [-0.05, 0) is 31.2 Å². The molecule has 0 saturated heterocycles. The Morgan fingerprint density at radius 3 is 2.91 bits per heavy atom. The number of hydrogen-bond donors (Lipinski definition) is 2. The molecule has 1 atom stereocenters. The molecule has 0 aliphatic carbocycles. The zero-order valence-corrected chi connectivity index (χ0v) is 11.7. The van der Waals surface area contributed by atoms with E-state index in [1.165, 1.54) is 12.3 Å². The summed E-state index contributed by atoms with van der Waals surface area (Å²) in [6.45, 7) is 1.69. The van der Waals surface area contributed by atoms with Crippen LogP contribution in [-0.4, -0.2) is 25.6 Å². The first kappa shape index (κ1) is 14.0. The normalized spacial score (nSPS) is 12.3. The fraction of sp³-hybridized carbons (Fsp3) is 0.133. The quantitative estimate of drug-likeness (QED) is 0.779. The van der Waals surface area contributed by atoms with Crippen LogP contribution in [0.3, 0.4) is 0 Å². The number of carboxylic acid groups (broad SMARTS) is 1. The number of nitrogens with one attached hydrogen (secondary N) is 1. The lowest BCUT2D eigenvalue weighted by Crippen LogP contribution is -2.25. The van der Waals surface area contributed by atoms with Crippen molar-refractivity contribution in [1.82, 2.24) is 19.7 Å². The summed E-state index contributed by atoms with van der Waals surface area (Å²) in [5.41, 5.74) is 2.40. The highest BCUT2D eigenvalue weighted by Crippen LogP contribution is 2.29. The van der Waals surface area contributed by atoms with Gasteiger partial charge in [-0.3, -0.25) is 9.38 Å². The molecule has 3 aromatic heterocycles. The number of carbonyl (C=O) groups is 1. The van der Waals surface area contributed by atoms with Crippen LogP contribution >= 0.6 is 0 Å². The van der Waals surface area contributed by atoms with E-state index in [9.17, 15) is 9.18 Å². The maximum atomic E-state index is 13.6. The summed E-state index contributed by atoms with van der Waals surface area (Å²) in [6, 6.07) is 5.89. The molecule has 0 aromatic carbocycles. The Bertz CT molecular complexity index is 832. The zero-order chi connectivity index (χ0) is 15.7. The van der Waals surface area contributed by atoms with Gasteiger partial charge in [0.2, 0.25) is 0 Å². The Hall–Kier alpha value is -2.96. The van der Waals surface area contributed by atoms with Crippen LogP contribution in [0.15, 0.2) is 42.9 Å². The number of fused-ring (bicyclic) bond motifs is 1. The third kappa shape index (κ3) is 2.48. The molecule has 7 heteroatoms. The highest BCUT2D eigenvalue weighted by Gasteiger charge is 2.20. The van der Waals surface area contributed by atoms with Crippen LogP contribution in [-0.2, 0) is 0 Å². The molecule has 22 heavy (non-hydrogen) atoms. The van der Waals surface area contributed by atoms with Crippen molar-refractivity contribution in [3.8, 4) is 11.3 Å². The molecule has 3 heterocycles. The first-order chi connectivity index (χ1) is 10.6. The van der Waals surface area contributed by atoms with Gasteiger partial charge in [0.15, 0.2) is 0 Å². The topological polar surface area (TPSA) is 79.5 Å². The average molecular weight is 300 g/mol. The summed E-state index contributed by atoms with van der Waals surface area (Å²) in [4.78, 5) is 19.4. The first-order valence-electron chi connectivity index (χ1n) is 6.63. The Morgan fingerprint density at radius 2 is 2.23 bits per heavy atom. The van der Waals surface area contributed by atoms with Gasteiger partial charge in [0.25, 0.3) is 0 Å². The van der Waals surface area contributed by atoms with Crippen molar-refractivity contribution in [2.24, 2.45) is 0 Å². The zero-order valence-electron chi connectivity index (χ0n) is 11.7. The molecule has 0 bridgehead atoms. The molecule has 0 radical (unpaired) electrons. The van der Waals surface area contributed by atoms with Crippen LogP contribution < -0.4 is 5.32 Å².